The smallest absolute Gasteiger partial charge is 0.0998 e. The molecule has 0 aromatic heterocycles. The fourth-order valence-electron chi connectivity index (χ4n) is 6.13. The number of rotatable bonds is 2. The van der Waals surface area contributed by atoms with Gasteiger partial charge >= 0.3 is 0 Å². The Morgan fingerprint density at radius 1 is 0.525 bits per heavy atom. The van der Waals surface area contributed by atoms with Crippen molar-refractivity contribution in [2.24, 2.45) is 0 Å². The first-order chi connectivity index (χ1) is 19.7. The highest BCUT2D eigenvalue weighted by Crippen LogP contribution is 2.52. The number of hydrogen-bond donors (Lipinski definition) is 0. The summed E-state index contributed by atoms with van der Waals surface area (Å²) in [6, 6.07) is 44.5. The third-order valence-electron chi connectivity index (χ3n) is 7.80. The number of nitriles is 2. The van der Waals surface area contributed by atoms with E-state index in [4.69, 9.17) is 0 Å². The Bertz CT molecular complexity index is 2090. The van der Waals surface area contributed by atoms with Gasteiger partial charge in [-0.2, -0.15) is 10.5 Å². The minimum atomic E-state index is 0.511. The summed E-state index contributed by atoms with van der Waals surface area (Å²) in [7, 11) is 0. The monoisotopic (exact) mass is 525 g/mol. The number of anilines is 3. The van der Waals surface area contributed by atoms with Crippen molar-refractivity contribution in [1.82, 2.24) is 0 Å². The lowest BCUT2D eigenvalue weighted by molar-refractivity contribution is 1.17. The Hall–Kier alpha value is -5.29. The van der Waals surface area contributed by atoms with E-state index in [0.29, 0.717) is 16.7 Å². The number of para-hydroxylation sites is 2. The van der Waals surface area contributed by atoms with Crippen LogP contribution in [0, 0.1) is 22.7 Å². The standard InChI is InChI=1S/C36H19N3S/c37-20-26-6-5-7-27(21-38)34(26)28-16-22-12-14-24-18-29(19-25-15-13-23(17-28)35(22)36(24)25)39-30-8-1-3-10-32(30)40-33-11-4-2-9-31(33)39/h1-19H. The van der Waals surface area contributed by atoms with Crippen molar-refractivity contribution in [3.05, 3.63) is 126 Å². The van der Waals surface area contributed by atoms with Gasteiger partial charge in [0.25, 0.3) is 0 Å². The lowest BCUT2D eigenvalue weighted by atomic mass is 9.88. The highest BCUT2D eigenvalue weighted by atomic mass is 32.2. The van der Waals surface area contributed by atoms with Crippen LogP contribution in [0.1, 0.15) is 11.1 Å². The summed E-state index contributed by atoms with van der Waals surface area (Å²) in [5.41, 5.74) is 6.11. The van der Waals surface area contributed by atoms with Gasteiger partial charge in [-0.05, 0) is 98.5 Å². The third kappa shape index (κ3) is 3.24. The van der Waals surface area contributed by atoms with Crippen molar-refractivity contribution >= 4 is 61.1 Å². The number of benzene rings is 7. The van der Waals surface area contributed by atoms with Crippen LogP contribution in [0.15, 0.2) is 125 Å². The SMILES string of the molecule is N#Cc1cccc(C#N)c1-c1cc2ccc3cc(N4c5ccccc5Sc5ccccc54)cc4ccc(c1)c2c34. The molecule has 0 N–H and O–H groups in total. The van der Waals surface area contributed by atoms with Gasteiger partial charge in [0.1, 0.15) is 0 Å². The van der Waals surface area contributed by atoms with Crippen LogP contribution in [0.5, 0.6) is 0 Å². The lowest BCUT2D eigenvalue weighted by Gasteiger charge is -2.33. The molecule has 1 aliphatic rings. The molecular weight excluding hydrogens is 506 g/mol. The molecule has 8 rings (SSSR count). The van der Waals surface area contributed by atoms with Gasteiger partial charge in [-0.15, -0.1) is 0 Å². The highest BCUT2D eigenvalue weighted by molar-refractivity contribution is 7.99. The van der Waals surface area contributed by atoms with Crippen LogP contribution in [0.3, 0.4) is 0 Å². The Labute approximate surface area is 235 Å². The average Bonchev–Trinajstić information content (AvgIpc) is 3.01. The Morgan fingerprint density at radius 2 is 1.00 bits per heavy atom. The molecule has 3 nitrogen and oxygen atoms in total. The maximum Gasteiger partial charge on any atom is 0.0998 e. The van der Waals surface area contributed by atoms with Gasteiger partial charge in [-0.3, -0.25) is 0 Å². The van der Waals surface area contributed by atoms with Crippen molar-refractivity contribution in [3.8, 4) is 23.3 Å². The molecule has 0 unspecified atom stereocenters. The van der Waals surface area contributed by atoms with Gasteiger partial charge in [-0.1, -0.05) is 66.4 Å². The lowest BCUT2D eigenvalue weighted by Crippen LogP contribution is -2.14. The molecule has 4 heteroatoms. The normalized spacial score (nSPS) is 12.3. The largest absolute Gasteiger partial charge is 0.308 e. The van der Waals surface area contributed by atoms with E-state index in [9.17, 15) is 10.5 Å². The third-order valence-corrected chi connectivity index (χ3v) is 8.93. The zero-order valence-corrected chi connectivity index (χ0v) is 22.0. The van der Waals surface area contributed by atoms with Crippen LogP contribution in [0.4, 0.5) is 17.1 Å². The minimum Gasteiger partial charge on any atom is -0.308 e. The van der Waals surface area contributed by atoms with E-state index in [0.717, 1.165) is 22.0 Å². The van der Waals surface area contributed by atoms with Crippen molar-refractivity contribution in [2.75, 3.05) is 4.90 Å². The van der Waals surface area contributed by atoms with E-state index in [1.54, 1.807) is 18.2 Å². The van der Waals surface area contributed by atoms with Crippen LogP contribution >= 0.6 is 11.8 Å². The van der Waals surface area contributed by atoms with Gasteiger partial charge in [-0.25, -0.2) is 0 Å². The molecule has 1 heterocycles. The van der Waals surface area contributed by atoms with Gasteiger partial charge in [0.05, 0.1) is 34.6 Å². The summed E-state index contributed by atoms with van der Waals surface area (Å²) < 4.78 is 0. The molecule has 0 radical (unpaired) electrons. The maximum atomic E-state index is 9.77. The molecule has 184 valence electrons. The van der Waals surface area contributed by atoms with Crippen LogP contribution in [-0.4, -0.2) is 0 Å². The molecule has 0 atom stereocenters. The van der Waals surface area contributed by atoms with Crippen LogP contribution < -0.4 is 4.90 Å². The van der Waals surface area contributed by atoms with Crippen molar-refractivity contribution < 1.29 is 0 Å². The van der Waals surface area contributed by atoms with E-state index in [2.05, 4.69) is 114 Å². The summed E-state index contributed by atoms with van der Waals surface area (Å²) in [6.45, 7) is 0. The van der Waals surface area contributed by atoms with Gasteiger partial charge in [0.15, 0.2) is 0 Å². The first-order valence-electron chi connectivity index (χ1n) is 13.1. The topological polar surface area (TPSA) is 50.8 Å². The molecule has 0 saturated heterocycles. The first-order valence-corrected chi connectivity index (χ1v) is 13.9. The second kappa shape index (κ2) is 8.61. The van der Waals surface area contributed by atoms with E-state index in [1.165, 1.54) is 42.7 Å². The fourth-order valence-corrected chi connectivity index (χ4v) is 7.19. The van der Waals surface area contributed by atoms with Gasteiger partial charge in [0.2, 0.25) is 0 Å². The van der Waals surface area contributed by atoms with Crippen LogP contribution in [-0.2, 0) is 0 Å². The number of hydrogen-bond acceptors (Lipinski definition) is 4. The van der Waals surface area contributed by atoms with Gasteiger partial charge < -0.3 is 4.90 Å². The molecule has 7 aromatic carbocycles. The summed E-state index contributed by atoms with van der Waals surface area (Å²) in [5.74, 6) is 0. The predicted octanol–water partition coefficient (Wildman–Crippen LogP) is 9.93. The fraction of sp³-hybridized carbons (Fsp3) is 0. The molecule has 0 spiro atoms. The zero-order chi connectivity index (χ0) is 26.8. The van der Waals surface area contributed by atoms with E-state index < -0.39 is 0 Å². The summed E-state index contributed by atoms with van der Waals surface area (Å²) in [4.78, 5) is 4.86. The second-order valence-electron chi connectivity index (χ2n) is 10.0. The number of nitrogens with zero attached hydrogens (tertiary/aromatic N) is 3. The zero-order valence-electron chi connectivity index (χ0n) is 21.2. The van der Waals surface area contributed by atoms with Crippen molar-refractivity contribution in [2.45, 2.75) is 9.79 Å². The second-order valence-corrected chi connectivity index (χ2v) is 11.1. The molecule has 7 aromatic rings. The molecular formula is C36H19N3S. The van der Waals surface area contributed by atoms with Gasteiger partial charge in [0, 0.05) is 21.0 Å². The molecule has 1 aliphatic heterocycles. The Balaban J connectivity index is 1.36. The quantitative estimate of drug-likeness (QED) is 0.211. The first kappa shape index (κ1) is 22.7. The van der Waals surface area contributed by atoms with E-state index in [1.807, 2.05) is 11.8 Å². The summed E-state index contributed by atoms with van der Waals surface area (Å²) in [5, 5.41) is 26.5. The van der Waals surface area contributed by atoms with Crippen LogP contribution in [0.25, 0.3) is 43.4 Å². The molecule has 0 amide bonds. The maximum absolute atomic E-state index is 9.77. The molecule has 0 fully saturated rings. The summed E-state index contributed by atoms with van der Waals surface area (Å²) >= 11 is 1.81. The molecule has 40 heavy (non-hydrogen) atoms. The van der Waals surface area contributed by atoms with Crippen molar-refractivity contribution in [1.29, 1.82) is 10.5 Å². The predicted molar refractivity (Wildman–Crippen MR) is 164 cm³/mol. The Morgan fingerprint density at radius 3 is 1.50 bits per heavy atom. The highest BCUT2D eigenvalue weighted by Gasteiger charge is 2.25. The number of fused-ring (bicyclic) bond motifs is 2. The van der Waals surface area contributed by atoms with E-state index in [-0.39, 0.29) is 0 Å². The molecule has 0 saturated carbocycles. The molecule has 0 aliphatic carbocycles. The Kier molecular flexibility index (Phi) is 4.88. The van der Waals surface area contributed by atoms with E-state index >= 15 is 0 Å². The van der Waals surface area contributed by atoms with Crippen molar-refractivity contribution in [3.63, 3.8) is 0 Å². The van der Waals surface area contributed by atoms with Crippen LogP contribution in [0.2, 0.25) is 0 Å². The summed E-state index contributed by atoms with van der Waals surface area (Å²) in [6.07, 6.45) is 0. The average molecular weight is 526 g/mol. The minimum absolute atomic E-state index is 0.511. The molecule has 0 bridgehead atoms.